The summed E-state index contributed by atoms with van der Waals surface area (Å²) in [6.07, 6.45) is 5.30. The molecular formula is C15H27IN4OS2. The van der Waals surface area contributed by atoms with Crippen LogP contribution in [-0.4, -0.2) is 55.3 Å². The van der Waals surface area contributed by atoms with Crippen LogP contribution < -0.4 is 10.6 Å². The van der Waals surface area contributed by atoms with Crippen LogP contribution in [0.15, 0.2) is 10.4 Å². The Labute approximate surface area is 164 Å². The molecule has 0 bridgehead atoms. The smallest absolute Gasteiger partial charge is 0.191 e. The van der Waals surface area contributed by atoms with Gasteiger partial charge in [0, 0.05) is 49.9 Å². The molecule has 0 unspecified atom stereocenters. The van der Waals surface area contributed by atoms with Crippen LogP contribution in [0.5, 0.6) is 0 Å². The van der Waals surface area contributed by atoms with E-state index in [4.69, 9.17) is 4.74 Å². The van der Waals surface area contributed by atoms with Crippen LogP contribution in [-0.2, 0) is 11.2 Å². The summed E-state index contributed by atoms with van der Waals surface area (Å²) in [7, 11) is 1.82. The number of hydrogen-bond acceptors (Lipinski definition) is 5. The molecule has 1 aliphatic heterocycles. The maximum atomic E-state index is 5.48. The lowest BCUT2D eigenvalue weighted by Gasteiger charge is -2.36. The van der Waals surface area contributed by atoms with Gasteiger partial charge in [-0.15, -0.1) is 35.3 Å². The van der Waals surface area contributed by atoms with E-state index in [0.717, 1.165) is 62.2 Å². The number of thiazole rings is 1. The minimum atomic E-state index is 0. The minimum Gasteiger partial charge on any atom is -0.381 e. The number of thioether (sulfide) groups is 1. The summed E-state index contributed by atoms with van der Waals surface area (Å²) >= 11 is 3.64. The third-order valence-corrected chi connectivity index (χ3v) is 6.22. The largest absolute Gasteiger partial charge is 0.381 e. The fourth-order valence-electron chi connectivity index (χ4n) is 2.49. The summed E-state index contributed by atoms with van der Waals surface area (Å²) in [5.41, 5.74) is 1.15. The topological polar surface area (TPSA) is 58.5 Å². The number of nitrogens with one attached hydrogen (secondary N) is 2. The van der Waals surface area contributed by atoms with Crippen molar-refractivity contribution in [3.8, 4) is 0 Å². The highest BCUT2D eigenvalue weighted by molar-refractivity contribution is 14.0. The number of aryl methyl sites for hydroxylation is 1. The van der Waals surface area contributed by atoms with Gasteiger partial charge in [-0.3, -0.25) is 4.99 Å². The van der Waals surface area contributed by atoms with Gasteiger partial charge in [-0.1, -0.05) is 0 Å². The van der Waals surface area contributed by atoms with Gasteiger partial charge in [0.15, 0.2) is 5.96 Å². The Morgan fingerprint density at radius 2 is 2.17 bits per heavy atom. The van der Waals surface area contributed by atoms with Crippen LogP contribution in [0.2, 0.25) is 0 Å². The Morgan fingerprint density at radius 3 is 2.74 bits per heavy atom. The molecular weight excluding hydrogens is 443 g/mol. The molecule has 0 aliphatic carbocycles. The van der Waals surface area contributed by atoms with Crippen molar-refractivity contribution in [1.82, 2.24) is 15.6 Å². The van der Waals surface area contributed by atoms with E-state index >= 15 is 0 Å². The number of halogens is 1. The van der Waals surface area contributed by atoms with E-state index in [0.29, 0.717) is 0 Å². The third-order valence-electron chi connectivity index (χ3n) is 3.98. The summed E-state index contributed by atoms with van der Waals surface area (Å²) < 4.78 is 5.75. The SMILES string of the molecule is CN=C(NCCc1csc(C)n1)NCC1(SC)CCOCC1.I. The molecule has 0 aromatic carbocycles. The zero-order valence-electron chi connectivity index (χ0n) is 14.1. The van der Waals surface area contributed by atoms with Gasteiger partial charge >= 0.3 is 0 Å². The van der Waals surface area contributed by atoms with Gasteiger partial charge in [0.1, 0.15) is 0 Å². The van der Waals surface area contributed by atoms with Crippen LogP contribution in [0, 0.1) is 6.92 Å². The molecule has 23 heavy (non-hydrogen) atoms. The van der Waals surface area contributed by atoms with Crippen LogP contribution in [0.3, 0.4) is 0 Å². The Hall–Kier alpha value is -0.0600. The number of nitrogens with zero attached hydrogens (tertiary/aromatic N) is 2. The molecule has 2 heterocycles. The van der Waals surface area contributed by atoms with Gasteiger partial charge in [-0.25, -0.2) is 4.98 Å². The molecule has 1 aliphatic rings. The van der Waals surface area contributed by atoms with Crippen molar-refractivity contribution in [3.63, 3.8) is 0 Å². The Balaban J connectivity index is 0.00000264. The average molecular weight is 470 g/mol. The second-order valence-corrected chi connectivity index (χ2v) is 7.80. The van der Waals surface area contributed by atoms with Crippen LogP contribution >= 0.6 is 47.1 Å². The zero-order chi connectivity index (χ0) is 15.8. The molecule has 5 nitrogen and oxygen atoms in total. The Kier molecular flexibility index (Phi) is 9.79. The fourth-order valence-corrected chi connectivity index (χ4v) is 3.93. The first kappa shape index (κ1) is 21.0. The predicted molar refractivity (Wildman–Crippen MR) is 112 cm³/mol. The zero-order valence-corrected chi connectivity index (χ0v) is 18.0. The number of aliphatic imine (C=N–C) groups is 1. The van der Waals surface area contributed by atoms with Gasteiger partial charge in [0.2, 0.25) is 0 Å². The van der Waals surface area contributed by atoms with E-state index in [1.54, 1.807) is 11.3 Å². The second-order valence-electron chi connectivity index (χ2n) is 5.46. The predicted octanol–water partition coefficient (Wildman–Crippen LogP) is 2.69. The lowest BCUT2D eigenvalue weighted by Crippen LogP contribution is -2.48. The summed E-state index contributed by atoms with van der Waals surface area (Å²) in [6.45, 7) is 5.53. The van der Waals surface area contributed by atoms with Crippen LogP contribution in [0.25, 0.3) is 0 Å². The van der Waals surface area contributed by atoms with Crippen molar-refractivity contribution in [2.75, 3.05) is 39.6 Å². The molecule has 0 atom stereocenters. The van der Waals surface area contributed by atoms with E-state index in [9.17, 15) is 0 Å². The Bertz CT molecular complexity index is 490. The molecule has 0 radical (unpaired) electrons. The number of ether oxygens (including phenoxy) is 1. The highest BCUT2D eigenvalue weighted by Gasteiger charge is 2.31. The molecule has 0 saturated carbocycles. The molecule has 1 fully saturated rings. The van der Waals surface area contributed by atoms with E-state index in [2.05, 4.69) is 32.2 Å². The first-order valence-electron chi connectivity index (χ1n) is 7.66. The lowest BCUT2D eigenvalue weighted by molar-refractivity contribution is 0.0783. The maximum Gasteiger partial charge on any atom is 0.191 e. The van der Waals surface area contributed by atoms with Crippen molar-refractivity contribution in [1.29, 1.82) is 0 Å². The fraction of sp³-hybridized carbons (Fsp3) is 0.733. The quantitative estimate of drug-likeness (QED) is 0.381. The van der Waals surface area contributed by atoms with Gasteiger partial charge in [0.25, 0.3) is 0 Å². The summed E-state index contributed by atoms with van der Waals surface area (Å²) in [6, 6.07) is 0. The highest BCUT2D eigenvalue weighted by atomic mass is 127. The molecule has 132 valence electrons. The highest BCUT2D eigenvalue weighted by Crippen LogP contribution is 2.32. The number of guanidine groups is 1. The van der Waals surface area contributed by atoms with Gasteiger partial charge in [-0.2, -0.15) is 11.8 Å². The van der Waals surface area contributed by atoms with Gasteiger partial charge in [0.05, 0.1) is 10.7 Å². The first-order valence-corrected chi connectivity index (χ1v) is 9.76. The summed E-state index contributed by atoms with van der Waals surface area (Å²) in [5, 5.41) is 10.1. The second kappa shape index (κ2) is 10.7. The number of rotatable bonds is 6. The average Bonchev–Trinajstić information content (AvgIpc) is 2.97. The first-order chi connectivity index (χ1) is 10.7. The lowest BCUT2D eigenvalue weighted by atomic mass is 9.99. The molecule has 0 amide bonds. The van der Waals surface area contributed by atoms with E-state index in [-0.39, 0.29) is 28.7 Å². The summed E-state index contributed by atoms with van der Waals surface area (Å²) in [4.78, 5) is 8.79. The molecule has 1 saturated heterocycles. The molecule has 2 N–H and O–H groups in total. The minimum absolute atomic E-state index is 0. The molecule has 8 heteroatoms. The Morgan fingerprint density at radius 1 is 1.43 bits per heavy atom. The monoisotopic (exact) mass is 470 g/mol. The number of aromatic nitrogens is 1. The normalized spacial score (nSPS) is 17.4. The van der Waals surface area contributed by atoms with Crippen molar-refractivity contribution in [3.05, 3.63) is 16.1 Å². The third kappa shape index (κ3) is 6.75. The van der Waals surface area contributed by atoms with Crippen molar-refractivity contribution in [2.45, 2.75) is 30.9 Å². The van der Waals surface area contributed by atoms with Gasteiger partial charge < -0.3 is 15.4 Å². The van der Waals surface area contributed by atoms with Gasteiger partial charge in [-0.05, 0) is 26.0 Å². The summed E-state index contributed by atoms with van der Waals surface area (Å²) in [5.74, 6) is 0.867. The molecule has 0 spiro atoms. The van der Waals surface area contributed by atoms with E-state index < -0.39 is 0 Å². The maximum absolute atomic E-state index is 5.48. The molecule has 1 aromatic rings. The van der Waals surface area contributed by atoms with E-state index in [1.807, 2.05) is 25.7 Å². The van der Waals surface area contributed by atoms with Crippen LogP contribution in [0.1, 0.15) is 23.5 Å². The standard InChI is InChI=1S/C15H26N4OS2.HI/c1-12-19-13(10-22-12)4-7-17-14(16-2)18-11-15(21-3)5-8-20-9-6-15;/h10H,4-9,11H2,1-3H3,(H2,16,17,18);1H. The van der Waals surface area contributed by atoms with Crippen LogP contribution in [0.4, 0.5) is 0 Å². The molecule has 2 rings (SSSR count). The van der Waals surface area contributed by atoms with Crippen molar-refractivity contribution >= 4 is 53.0 Å². The van der Waals surface area contributed by atoms with Crippen molar-refractivity contribution in [2.24, 2.45) is 4.99 Å². The number of hydrogen-bond donors (Lipinski definition) is 2. The molecule has 1 aromatic heterocycles. The van der Waals surface area contributed by atoms with Crippen molar-refractivity contribution < 1.29 is 4.74 Å². The van der Waals surface area contributed by atoms with E-state index in [1.165, 1.54) is 0 Å².